The lowest BCUT2D eigenvalue weighted by Gasteiger charge is -2.20. The maximum Gasteiger partial charge on any atom is 0.308 e. The highest BCUT2D eigenvalue weighted by Gasteiger charge is 2.26. The monoisotopic (exact) mass is 291 g/mol. The summed E-state index contributed by atoms with van der Waals surface area (Å²) in [5, 5.41) is 9.39. The molecule has 0 aromatic heterocycles. The second-order valence-corrected chi connectivity index (χ2v) is 4.57. The van der Waals surface area contributed by atoms with Gasteiger partial charge in [-0.2, -0.15) is 0 Å². The summed E-state index contributed by atoms with van der Waals surface area (Å²) < 4.78 is 0. The molecule has 2 rings (SSSR count). The van der Waals surface area contributed by atoms with Crippen LogP contribution in [0.25, 0.3) is 0 Å². The van der Waals surface area contributed by atoms with Gasteiger partial charge in [0.05, 0.1) is 5.92 Å². The largest absolute Gasteiger partial charge is 0.481 e. The molecule has 3 N–H and O–H groups in total. The Bertz CT molecular complexity index is 531. The minimum absolute atomic E-state index is 0. The van der Waals surface area contributed by atoms with Crippen molar-refractivity contribution in [2.45, 2.75) is 12.5 Å². The second-order valence-electron chi connectivity index (χ2n) is 4.57. The number of nitrogens with two attached hydrogens (primary N) is 1. The SMILES string of the molecule is Cl.NC(c1ccccc1)C(Cc1ccccc1)C(=O)O. The summed E-state index contributed by atoms with van der Waals surface area (Å²) in [6.07, 6.45) is 0.437. The van der Waals surface area contributed by atoms with Gasteiger partial charge in [-0.05, 0) is 17.5 Å². The van der Waals surface area contributed by atoms with E-state index in [-0.39, 0.29) is 12.4 Å². The molecular weight excluding hydrogens is 274 g/mol. The number of benzene rings is 2. The van der Waals surface area contributed by atoms with E-state index in [1.54, 1.807) is 0 Å². The van der Waals surface area contributed by atoms with Gasteiger partial charge in [0.15, 0.2) is 0 Å². The Kier molecular flexibility index (Phi) is 6.22. The standard InChI is InChI=1S/C16H17NO2.ClH/c17-15(13-9-5-2-6-10-13)14(16(18)19)11-12-7-3-1-4-8-12;/h1-10,14-15H,11,17H2,(H,18,19);1H. The predicted octanol–water partition coefficient (Wildman–Crippen LogP) is 3.05. The zero-order valence-corrected chi connectivity index (χ0v) is 11.8. The molecule has 106 valence electrons. The van der Waals surface area contributed by atoms with Gasteiger partial charge >= 0.3 is 5.97 Å². The molecule has 0 aliphatic carbocycles. The topological polar surface area (TPSA) is 63.3 Å². The van der Waals surface area contributed by atoms with Crippen LogP contribution in [-0.2, 0) is 11.2 Å². The first-order valence-electron chi connectivity index (χ1n) is 6.25. The number of rotatable bonds is 5. The average molecular weight is 292 g/mol. The molecule has 20 heavy (non-hydrogen) atoms. The Hall–Kier alpha value is -1.84. The smallest absolute Gasteiger partial charge is 0.308 e. The van der Waals surface area contributed by atoms with Crippen molar-refractivity contribution in [3.05, 3.63) is 71.8 Å². The van der Waals surface area contributed by atoms with Crippen LogP contribution in [0.3, 0.4) is 0 Å². The first kappa shape index (κ1) is 16.2. The molecule has 2 aromatic rings. The van der Waals surface area contributed by atoms with Crippen LogP contribution in [0.2, 0.25) is 0 Å². The number of carboxylic acids is 1. The Balaban J connectivity index is 0.00000200. The molecule has 2 unspecified atom stereocenters. The minimum Gasteiger partial charge on any atom is -0.481 e. The van der Waals surface area contributed by atoms with E-state index in [2.05, 4.69) is 0 Å². The molecule has 0 fully saturated rings. The van der Waals surface area contributed by atoms with Gasteiger partial charge in [-0.1, -0.05) is 60.7 Å². The lowest BCUT2D eigenvalue weighted by Crippen LogP contribution is -2.30. The summed E-state index contributed by atoms with van der Waals surface area (Å²) >= 11 is 0. The fourth-order valence-corrected chi connectivity index (χ4v) is 2.14. The van der Waals surface area contributed by atoms with Gasteiger partial charge in [-0.25, -0.2) is 0 Å². The van der Waals surface area contributed by atoms with E-state index in [1.165, 1.54) is 0 Å². The number of halogens is 1. The molecule has 0 aliphatic rings. The van der Waals surface area contributed by atoms with E-state index in [0.29, 0.717) is 6.42 Å². The first-order valence-corrected chi connectivity index (χ1v) is 6.25. The molecule has 0 heterocycles. The summed E-state index contributed by atoms with van der Waals surface area (Å²) in [6.45, 7) is 0. The second kappa shape index (κ2) is 7.68. The Morgan fingerprint density at radius 2 is 1.50 bits per heavy atom. The van der Waals surface area contributed by atoms with Gasteiger partial charge in [-0.15, -0.1) is 12.4 Å². The van der Waals surface area contributed by atoms with Crippen molar-refractivity contribution in [1.82, 2.24) is 0 Å². The molecule has 4 heteroatoms. The number of aliphatic carboxylic acids is 1. The lowest BCUT2D eigenvalue weighted by atomic mass is 9.88. The quantitative estimate of drug-likeness (QED) is 0.890. The van der Waals surface area contributed by atoms with Gasteiger partial charge in [0.2, 0.25) is 0 Å². The molecule has 0 saturated carbocycles. The number of hydrogen-bond acceptors (Lipinski definition) is 2. The summed E-state index contributed by atoms with van der Waals surface area (Å²) in [5.41, 5.74) is 7.95. The Morgan fingerprint density at radius 1 is 1.00 bits per heavy atom. The van der Waals surface area contributed by atoms with Crippen molar-refractivity contribution in [2.24, 2.45) is 11.7 Å². The molecule has 3 nitrogen and oxygen atoms in total. The van der Waals surface area contributed by atoms with Gasteiger partial charge in [0.1, 0.15) is 0 Å². The van der Waals surface area contributed by atoms with Crippen molar-refractivity contribution in [3.63, 3.8) is 0 Å². The third-order valence-corrected chi connectivity index (χ3v) is 3.23. The summed E-state index contributed by atoms with van der Waals surface area (Å²) in [4.78, 5) is 11.4. The van der Waals surface area contributed by atoms with Crippen LogP contribution in [0.1, 0.15) is 17.2 Å². The van der Waals surface area contributed by atoms with E-state index in [4.69, 9.17) is 5.73 Å². The van der Waals surface area contributed by atoms with Crippen molar-refractivity contribution in [2.75, 3.05) is 0 Å². The van der Waals surface area contributed by atoms with E-state index in [1.807, 2.05) is 60.7 Å². The van der Waals surface area contributed by atoms with Gasteiger partial charge < -0.3 is 10.8 Å². The normalized spacial score (nSPS) is 13.1. The molecule has 0 bridgehead atoms. The molecule has 2 atom stereocenters. The number of hydrogen-bond donors (Lipinski definition) is 2. The van der Waals surface area contributed by atoms with Gasteiger partial charge in [0, 0.05) is 6.04 Å². The van der Waals surface area contributed by atoms with E-state index < -0.39 is 17.9 Å². The summed E-state index contributed by atoms with van der Waals surface area (Å²) in [5.74, 6) is -1.48. The summed E-state index contributed by atoms with van der Waals surface area (Å²) in [7, 11) is 0. The fraction of sp³-hybridized carbons (Fsp3) is 0.188. The van der Waals surface area contributed by atoms with Crippen molar-refractivity contribution in [3.8, 4) is 0 Å². The highest BCUT2D eigenvalue weighted by molar-refractivity contribution is 5.85. The number of carbonyl (C=O) groups is 1. The first-order chi connectivity index (χ1) is 9.18. The molecule has 2 aromatic carbocycles. The van der Waals surface area contributed by atoms with Crippen LogP contribution in [0.5, 0.6) is 0 Å². The molecule has 0 spiro atoms. The molecule has 0 radical (unpaired) electrons. The third kappa shape index (κ3) is 4.08. The molecule has 0 amide bonds. The summed E-state index contributed by atoms with van der Waals surface area (Å²) in [6, 6.07) is 18.4. The van der Waals surface area contributed by atoms with Crippen molar-refractivity contribution < 1.29 is 9.90 Å². The van der Waals surface area contributed by atoms with Crippen LogP contribution >= 0.6 is 12.4 Å². The lowest BCUT2D eigenvalue weighted by molar-refractivity contribution is -0.142. The van der Waals surface area contributed by atoms with Crippen LogP contribution in [0, 0.1) is 5.92 Å². The van der Waals surface area contributed by atoms with Crippen LogP contribution in [0.15, 0.2) is 60.7 Å². The predicted molar refractivity (Wildman–Crippen MR) is 81.9 cm³/mol. The van der Waals surface area contributed by atoms with Crippen LogP contribution in [0.4, 0.5) is 0 Å². The number of carboxylic acid groups (broad SMARTS) is 1. The highest BCUT2D eigenvalue weighted by atomic mass is 35.5. The maximum atomic E-state index is 11.4. The maximum absolute atomic E-state index is 11.4. The van der Waals surface area contributed by atoms with Crippen molar-refractivity contribution >= 4 is 18.4 Å². The van der Waals surface area contributed by atoms with Gasteiger partial charge in [0.25, 0.3) is 0 Å². The Morgan fingerprint density at radius 3 is 2.00 bits per heavy atom. The third-order valence-electron chi connectivity index (χ3n) is 3.23. The van der Waals surface area contributed by atoms with Gasteiger partial charge in [-0.3, -0.25) is 4.79 Å². The minimum atomic E-state index is -0.861. The van der Waals surface area contributed by atoms with Crippen molar-refractivity contribution in [1.29, 1.82) is 0 Å². The van der Waals surface area contributed by atoms with E-state index in [0.717, 1.165) is 11.1 Å². The van der Waals surface area contributed by atoms with E-state index in [9.17, 15) is 9.90 Å². The van der Waals surface area contributed by atoms with E-state index >= 15 is 0 Å². The zero-order valence-electron chi connectivity index (χ0n) is 11.0. The Labute approximate surface area is 124 Å². The molecule has 0 aliphatic heterocycles. The molecule has 0 saturated heterocycles. The molecular formula is C16H18ClNO2. The fourth-order valence-electron chi connectivity index (χ4n) is 2.14. The average Bonchev–Trinajstić information content (AvgIpc) is 2.46. The van der Waals surface area contributed by atoms with Crippen LogP contribution < -0.4 is 5.73 Å². The highest BCUT2D eigenvalue weighted by Crippen LogP contribution is 2.23. The van der Waals surface area contributed by atoms with Crippen LogP contribution in [-0.4, -0.2) is 11.1 Å². The zero-order chi connectivity index (χ0) is 13.7.